The molecule has 1 amide bonds. The molecule has 3 aliphatic rings. The number of halogens is 1. The molecular formula is C27H34IN3O3S. The molecule has 2 aromatic rings. The van der Waals surface area contributed by atoms with Gasteiger partial charge in [0, 0.05) is 22.9 Å². The van der Waals surface area contributed by atoms with E-state index < -0.39 is 0 Å². The number of oxime groups is 1. The van der Waals surface area contributed by atoms with E-state index in [0.717, 1.165) is 36.3 Å². The predicted molar refractivity (Wildman–Crippen MR) is 148 cm³/mol. The molecule has 5 atom stereocenters. The van der Waals surface area contributed by atoms with E-state index >= 15 is 0 Å². The zero-order valence-electron chi connectivity index (χ0n) is 20.9. The van der Waals surface area contributed by atoms with E-state index in [9.17, 15) is 4.79 Å². The molecule has 0 saturated heterocycles. The normalized spacial score (nSPS) is 30.4. The molecule has 3 unspecified atom stereocenters. The summed E-state index contributed by atoms with van der Waals surface area (Å²) in [7, 11) is 3.41. The number of hydrogen-bond acceptors (Lipinski definition) is 6. The number of aryl methyl sites for hydroxylation is 2. The number of hydrogen-bond donors (Lipinski definition) is 1. The summed E-state index contributed by atoms with van der Waals surface area (Å²) in [6, 6.07) is 4.63. The van der Waals surface area contributed by atoms with Crippen LogP contribution in [0.2, 0.25) is 0 Å². The standard InChI is InChI=1S/C27H34IN3O3S/c1-15-14-29-26(35-15)30-24(32)8-6-17-12-23(31-34-4)27(2)10-9-18-19(25(17)27)7-5-16-11-22(33-3)21(28)13-20(16)18/h11,13-14,17-19,25H,5-10,12H2,1-4H3,(H,29,30,32)/t17-,18?,19?,25?,27-/m1/s1. The highest BCUT2D eigenvalue weighted by molar-refractivity contribution is 14.1. The van der Waals surface area contributed by atoms with Crippen molar-refractivity contribution in [3.05, 3.63) is 37.9 Å². The van der Waals surface area contributed by atoms with Crippen molar-refractivity contribution in [3.63, 3.8) is 0 Å². The van der Waals surface area contributed by atoms with Crippen LogP contribution in [0.4, 0.5) is 5.13 Å². The van der Waals surface area contributed by atoms with Gasteiger partial charge in [0.25, 0.3) is 0 Å². The SMILES string of the molecule is CON=C1C[C@@H](CCC(=O)Nc2ncc(C)s2)C2C3CCc4cc(OC)c(I)cc4C3CC[C@]12C. The van der Waals surface area contributed by atoms with Gasteiger partial charge < -0.3 is 14.9 Å². The Kier molecular flexibility index (Phi) is 7.14. The number of carbonyl (C=O) groups is 1. The van der Waals surface area contributed by atoms with Gasteiger partial charge in [-0.3, -0.25) is 4.79 Å². The molecule has 0 radical (unpaired) electrons. The van der Waals surface area contributed by atoms with Crippen LogP contribution in [-0.4, -0.2) is 30.8 Å². The molecular weight excluding hydrogens is 573 g/mol. The van der Waals surface area contributed by atoms with Gasteiger partial charge in [0.15, 0.2) is 5.13 Å². The topological polar surface area (TPSA) is 72.8 Å². The van der Waals surface area contributed by atoms with Crippen LogP contribution in [0.3, 0.4) is 0 Å². The second-order valence-electron chi connectivity index (χ2n) is 10.5. The second-order valence-corrected chi connectivity index (χ2v) is 12.9. The zero-order chi connectivity index (χ0) is 24.7. The molecule has 6 nitrogen and oxygen atoms in total. The summed E-state index contributed by atoms with van der Waals surface area (Å²) < 4.78 is 6.80. The minimum absolute atomic E-state index is 0.0435. The highest BCUT2D eigenvalue weighted by Gasteiger charge is 2.57. The largest absolute Gasteiger partial charge is 0.496 e. The van der Waals surface area contributed by atoms with Crippen LogP contribution in [0.1, 0.15) is 67.4 Å². The van der Waals surface area contributed by atoms with Crippen LogP contribution < -0.4 is 10.1 Å². The number of fused-ring (bicyclic) bond motifs is 5. The number of benzene rings is 1. The molecule has 0 bridgehead atoms. The molecule has 188 valence electrons. The Morgan fingerprint density at radius 1 is 1.34 bits per heavy atom. The fourth-order valence-electron chi connectivity index (χ4n) is 7.24. The van der Waals surface area contributed by atoms with Gasteiger partial charge in [-0.15, -0.1) is 11.3 Å². The summed E-state index contributed by atoms with van der Waals surface area (Å²) in [5.41, 5.74) is 4.20. The van der Waals surface area contributed by atoms with E-state index in [0.29, 0.717) is 35.2 Å². The molecule has 2 saturated carbocycles. The van der Waals surface area contributed by atoms with Gasteiger partial charge in [-0.1, -0.05) is 12.1 Å². The lowest BCUT2D eigenvalue weighted by atomic mass is 9.54. The van der Waals surface area contributed by atoms with Crippen molar-refractivity contribution in [3.8, 4) is 5.75 Å². The van der Waals surface area contributed by atoms with E-state index in [4.69, 9.17) is 9.57 Å². The van der Waals surface area contributed by atoms with Crippen molar-refractivity contribution in [1.29, 1.82) is 0 Å². The van der Waals surface area contributed by atoms with Gasteiger partial charge in [0.05, 0.1) is 16.4 Å². The van der Waals surface area contributed by atoms with E-state index in [2.05, 4.69) is 57.1 Å². The molecule has 1 aromatic heterocycles. The third kappa shape index (κ3) is 4.61. The van der Waals surface area contributed by atoms with Gasteiger partial charge in [0.1, 0.15) is 12.9 Å². The molecule has 1 N–H and O–H groups in total. The van der Waals surface area contributed by atoms with Crippen molar-refractivity contribution < 1.29 is 14.4 Å². The molecule has 2 fully saturated rings. The number of rotatable bonds is 6. The Bertz CT molecular complexity index is 1150. The first-order chi connectivity index (χ1) is 16.8. The van der Waals surface area contributed by atoms with E-state index in [1.54, 1.807) is 20.4 Å². The Balaban J connectivity index is 1.39. The third-order valence-corrected chi connectivity index (χ3v) is 10.4. The zero-order valence-corrected chi connectivity index (χ0v) is 23.9. The van der Waals surface area contributed by atoms with Gasteiger partial charge in [-0.25, -0.2) is 4.98 Å². The number of amides is 1. The van der Waals surface area contributed by atoms with Crippen LogP contribution in [0.15, 0.2) is 23.5 Å². The quantitative estimate of drug-likeness (QED) is 0.298. The van der Waals surface area contributed by atoms with Crippen molar-refractivity contribution in [1.82, 2.24) is 4.98 Å². The molecule has 35 heavy (non-hydrogen) atoms. The second kappa shape index (κ2) is 10.00. The molecule has 3 aliphatic carbocycles. The smallest absolute Gasteiger partial charge is 0.226 e. The van der Waals surface area contributed by atoms with Crippen molar-refractivity contribution in [2.24, 2.45) is 28.3 Å². The summed E-state index contributed by atoms with van der Waals surface area (Å²) in [5, 5.41) is 8.22. The van der Waals surface area contributed by atoms with E-state index in [1.165, 1.54) is 44.6 Å². The van der Waals surface area contributed by atoms with E-state index in [1.807, 2.05) is 6.92 Å². The maximum Gasteiger partial charge on any atom is 0.226 e. The lowest BCUT2D eigenvalue weighted by Gasteiger charge is -2.50. The first kappa shape index (κ1) is 25.0. The summed E-state index contributed by atoms with van der Waals surface area (Å²) in [6.45, 7) is 4.40. The number of carbonyl (C=O) groups excluding carboxylic acids is 1. The Hall–Kier alpha value is -1.68. The Morgan fingerprint density at radius 2 is 2.17 bits per heavy atom. The maximum atomic E-state index is 12.8. The van der Waals surface area contributed by atoms with Crippen molar-refractivity contribution in [2.45, 2.75) is 64.7 Å². The fourth-order valence-corrected chi connectivity index (χ4v) is 8.63. The Morgan fingerprint density at radius 3 is 2.89 bits per heavy atom. The molecule has 1 heterocycles. The average Bonchev–Trinajstić information content (AvgIpc) is 3.37. The molecule has 8 heteroatoms. The van der Waals surface area contributed by atoms with E-state index in [-0.39, 0.29) is 11.3 Å². The number of methoxy groups -OCH3 is 1. The minimum atomic E-state index is 0.0435. The summed E-state index contributed by atoms with van der Waals surface area (Å²) in [5.74, 6) is 3.15. The number of nitrogens with zero attached hydrogens (tertiary/aromatic N) is 2. The molecule has 0 spiro atoms. The number of aromatic nitrogens is 1. The summed E-state index contributed by atoms with van der Waals surface area (Å²) >= 11 is 3.93. The lowest BCUT2D eigenvalue weighted by molar-refractivity contribution is -0.116. The maximum absolute atomic E-state index is 12.8. The van der Waals surface area contributed by atoms with Crippen LogP contribution in [0.25, 0.3) is 0 Å². The van der Waals surface area contributed by atoms with Crippen LogP contribution in [-0.2, 0) is 16.1 Å². The molecule has 0 aliphatic heterocycles. The number of ether oxygens (including phenoxy) is 1. The summed E-state index contributed by atoms with van der Waals surface area (Å²) in [6.07, 6.45) is 8.67. The number of anilines is 1. The van der Waals surface area contributed by atoms with Gasteiger partial charge in [-0.2, -0.15) is 0 Å². The van der Waals surface area contributed by atoms with Gasteiger partial charge >= 0.3 is 0 Å². The van der Waals surface area contributed by atoms with Crippen molar-refractivity contribution in [2.75, 3.05) is 19.5 Å². The molecule has 1 aromatic carbocycles. The monoisotopic (exact) mass is 607 g/mol. The number of nitrogens with one attached hydrogen (secondary N) is 1. The van der Waals surface area contributed by atoms with Crippen LogP contribution in [0, 0.1) is 33.7 Å². The van der Waals surface area contributed by atoms with Crippen LogP contribution in [0.5, 0.6) is 5.75 Å². The first-order valence-electron chi connectivity index (χ1n) is 12.5. The number of thiazole rings is 1. The molecule has 5 rings (SSSR count). The Labute approximate surface area is 225 Å². The summed E-state index contributed by atoms with van der Waals surface area (Å²) in [4.78, 5) is 23.5. The fraction of sp³-hybridized carbons (Fsp3) is 0.593. The predicted octanol–water partition coefficient (Wildman–Crippen LogP) is 6.57. The van der Waals surface area contributed by atoms with Gasteiger partial charge in [0.2, 0.25) is 5.91 Å². The van der Waals surface area contributed by atoms with Gasteiger partial charge in [-0.05, 0) is 115 Å². The van der Waals surface area contributed by atoms with Crippen LogP contribution >= 0.6 is 33.9 Å². The highest BCUT2D eigenvalue weighted by Crippen LogP contribution is 2.62. The lowest BCUT2D eigenvalue weighted by Crippen LogP contribution is -2.44. The highest BCUT2D eigenvalue weighted by atomic mass is 127. The third-order valence-electron chi connectivity index (χ3n) is 8.68. The van der Waals surface area contributed by atoms with Crippen molar-refractivity contribution >= 4 is 50.7 Å². The average molecular weight is 608 g/mol. The minimum Gasteiger partial charge on any atom is -0.496 e. The first-order valence-corrected chi connectivity index (χ1v) is 14.4.